The lowest BCUT2D eigenvalue weighted by Crippen LogP contribution is -2.63. The molecule has 1 aliphatic heterocycles. The Bertz CT molecular complexity index is 1490. The van der Waals surface area contributed by atoms with Crippen molar-refractivity contribution in [2.45, 2.75) is 32.7 Å². The van der Waals surface area contributed by atoms with Gasteiger partial charge >= 0.3 is 0 Å². The highest BCUT2D eigenvalue weighted by Crippen LogP contribution is 2.55. The van der Waals surface area contributed by atoms with E-state index in [9.17, 15) is 9.90 Å². The van der Waals surface area contributed by atoms with Crippen LogP contribution in [0.4, 0.5) is 0 Å². The van der Waals surface area contributed by atoms with Crippen LogP contribution in [0.15, 0.2) is 49.2 Å². The molecule has 1 saturated carbocycles. The molecule has 2 aromatic carbocycles. The summed E-state index contributed by atoms with van der Waals surface area (Å²) in [5.41, 5.74) is 6.75. The minimum absolute atomic E-state index is 0.00414. The molecular formula is C27H26ClN5O2. The fourth-order valence-corrected chi connectivity index (χ4v) is 6.11. The first-order chi connectivity index (χ1) is 16.8. The molecule has 1 aliphatic carbocycles. The number of hydrogen-bond donors (Lipinski definition) is 2. The van der Waals surface area contributed by atoms with Gasteiger partial charge in [0.25, 0.3) is 0 Å². The van der Waals surface area contributed by atoms with Crippen LogP contribution < -0.4 is 0 Å². The highest BCUT2D eigenvalue weighted by molar-refractivity contribution is 6.36. The number of nitrogens with zero attached hydrogens (tertiary/aromatic N) is 4. The summed E-state index contributed by atoms with van der Waals surface area (Å²) in [6, 6.07) is 9.39. The number of fused-ring (bicyclic) bond motifs is 1. The van der Waals surface area contributed by atoms with Gasteiger partial charge in [0, 0.05) is 46.3 Å². The Morgan fingerprint density at radius 2 is 1.94 bits per heavy atom. The van der Waals surface area contributed by atoms with Crippen LogP contribution in [0.25, 0.3) is 33.3 Å². The zero-order valence-electron chi connectivity index (χ0n) is 19.7. The molecule has 35 heavy (non-hydrogen) atoms. The largest absolute Gasteiger partial charge is 0.508 e. The lowest BCUT2D eigenvalue weighted by atomic mass is 9.60. The number of H-pyrrole nitrogens is 1. The van der Waals surface area contributed by atoms with Gasteiger partial charge in [0.05, 0.1) is 22.8 Å². The summed E-state index contributed by atoms with van der Waals surface area (Å²) in [5, 5.41) is 23.9. The van der Waals surface area contributed by atoms with Crippen molar-refractivity contribution in [1.29, 1.82) is 0 Å². The number of carbonyl (C=O) groups excluding carboxylic acids is 1. The number of phenolic OH excluding ortho intramolecular Hbond substituents is 1. The quantitative estimate of drug-likeness (QED) is 0.376. The molecule has 1 saturated heterocycles. The van der Waals surface area contributed by atoms with E-state index in [1.165, 1.54) is 6.08 Å². The van der Waals surface area contributed by atoms with Gasteiger partial charge in [0.2, 0.25) is 5.91 Å². The molecule has 3 heterocycles. The number of aryl methyl sites for hydroxylation is 1. The molecule has 0 unspecified atom stereocenters. The summed E-state index contributed by atoms with van der Waals surface area (Å²) in [5.74, 6) is 0.214. The summed E-state index contributed by atoms with van der Waals surface area (Å²) in [7, 11) is 0. The molecule has 1 spiro atoms. The number of nitrogens with one attached hydrogen (secondary N) is 1. The van der Waals surface area contributed by atoms with E-state index in [2.05, 4.69) is 28.4 Å². The molecule has 4 aromatic rings. The maximum Gasteiger partial charge on any atom is 0.245 e. The van der Waals surface area contributed by atoms with Crippen LogP contribution in [0.5, 0.6) is 5.75 Å². The Morgan fingerprint density at radius 3 is 2.63 bits per heavy atom. The second kappa shape index (κ2) is 7.71. The Hall–Kier alpha value is -3.58. The van der Waals surface area contributed by atoms with Crippen LogP contribution in [0.3, 0.4) is 0 Å². The van der Waals surface area contributed by atoms with Crippen molar-refractivity contribution in [3.05, 3.63) is 65.5 Å². The van der Waals surface area contributed by atoms with Crippen molar-refractivity contribution in [2.75, 3.05) is 13.1 Å². The van der Waals surface area contributed by atoms with Gasteiger partial charge in [-0.25, -0.2) is 0 Å². The summed E-state index contributed by atoms with van der Waals surface area (Å²) in [6.45, 7) is 9.25. The SMILES string of the molecule is C=CC(=O)N1CC2(CC(n3nc(-c4ccc(O)cc4)c(-c4c(Cl)c(C)cc5[nH]ncc45)c3C)C2)C1. The molecule has 1 amide bonds. The van der Waals surface area contributed by atoms with Crippen LogP contribution in [-0.4, -0.2) is 49.0 Å². The fraction of sp³-hybridized carbons (Fsp3) is 0.296. The number of aromatic nitrogens is 4. The first kappa shape index (κ1) is 21.9. The minimum Gasteiger partial charge on any atom is -0.508 e. The predicted molar refractivity (Wildman–Crippen MR) is 136 cm³/mol. The average molecular weight is 488 g/mol. The van der Waals surface area contributed by atoms with Gasteiger partial charge < -0.3 is 10.0 Å². The normalized spacial score (nSPS) is 16.9. The van der Waals surface area contributed by atoms with E-state index in [0.717, 1.165) is 70.5 Å². The molecule has 2 N–H and O–H groups in total. The van der Waals surface area contributed by atoms with E-state index in [1.807, 2.05) is 36.2 Å². The summed E-state index contributed by atoms with van der Waals surface area (Å²) >= 11 is 6.93. The van der Waals surface area contributed by atoms with Gasteiger partial charge in [-0.05, 0) is 68.7 Å². The third kappa shape index (κ3) is 3.29. The second-order valence-electron chi connectivity index (χ2n) is 9.97. The van der Waals surface area contributed by atoms with Gasteiger partial charge in [-0.1, -0.05) is 18.2 Å². The van der Waals surface area contributed by atoms with Crippen LogP contribution in [0.2, 0.25) is 5.02 Å². The number of carbonyl (C=O) groups is 1. The first-order valence-electron chi connectivity index (χ1n) is 11.7. The van der Waals surface area contributed by atoms with E-state index < -0.39 is 0 Å². The smallest absolute Gasteiger partial charge is 0.245 e. The molecule has 2 aliphatic rings. The van der Waals surface area contributed by atoms with Gasteiger partial charge in [0.1, 0.15) is 11.4 Å². The number of benzene rings is 2. The average Bonchev–Trinajstić information content (AvgIpc) is 3.38. The van der Waals surface area contributed by atoms with Crippen molar-refractivity contribution in [1.82, 2.24) is 24.9 Å². The summed E-state index contributed by atoms with van der Waals surface area (Å²) in [6.07, 6.45) is 5.16. The van der Waals surface area contributed by atoms with Crippen molar-refractivity contribution in [2.24, 2.45) is 5.41 Å². The lowest BCUT2D eigenvalue weighted by Gasteiger charge is -2.58. The minimum atomic E-state index is 0.00414. The van der Waals surface area contributed by atoms with E-state index >= 15 is 0 Å². The Labute approximate surface area is 208 Å². The van der Waals surface area contributed by atoms with Crippen molar-refractivity contribution < 1.29 is 9.90 Å². The first-order valence-corrected chi connectivity index (χ1v) is 12.1. The van der Waals surface area contributed by atoms with E-state index in [1.54, 1.807) is 12.1 Å². The van der Waals surface area contributed by atoms with Crippen molar-refractivity contribution >= 4 is 28.4 Å². The number of amides is 1. The number of rotatable bonds is 4. The molecule has 2 aromatic heterocycles. The highest BCUT2D eigenvalue weighted by Gasteiger charge is 2.54. The van der Waals surface area contributed by atoms with Crippen LogP contribution in [0, 0.1) is 19.3 Å². The molecule has 178 valence electrons. The van der Waals surface area contributed by atoms with E-state index in [0.29, 0.717) is 5.02 Å². The van der Waals surface area contributed by atoms with Gasteiger partial charge in [0.15, 0.2) is 0 Å². The molecule has 7 nitrogen and oxygen atoms in total. The zero-order chi connectivity index (χ0) is 24.5. The molecule has 0 radical (unpaired) electrons. The molecular weight excluding hydrogens is 462 g/mol. The zero-order valence-corrected chi connectivity index (χ0v) is 20.4. The Morgan fingerprint density at radius 1 is 1.23 bits per heavy atom. The molecule has 0 bridgehead atoms. The molecule has 2 fully saturated rings. The van der Waals surface area contributed by atoms with Gasteiger partial charge in [-0.2, -0.15) is 10.2 Å². The lowest BCUT2D eigenvalue weighted by molar-refractivity contribution is -0.149. The summed E-state index contributed by atoms with van der Waals surface area (Å²) in [4.78, 5) is 13.8. The Balaban J connectivity index is 1.45. The number of aromatic hydroxyl groups is 1. The third-order valence-corrected chi connectivity index (χ3v) is 8.11. The van der Waals surface area contributed by atoms with Crippen molar-refractivity contribution in [3.8, 4) is 28.1 Å². The van der Waals surface area contributed by atoms with Crippen LogP contribution in [0.1, 0.15) is 30.1 Å². The molecule has 6 rings (SSSR count). The summed E-state index contributed by atoms with van der Waals surface area (Å²) < 4.78 is 2.13. The number of likely N-dealkylation sites (tertiary alicyclic amines) is 1. The highest BCUT2D eigenvalue weighted by atomic mass is 35.5. The van der Waals surface area contributed by atoms with E-state index in [-0.39, 0.29) is 23.1 Å². The van der Waals surface area contributed by atoms with E-state index in [4.69, 9.17) is 16.7 Å². The molecule has 8 heteroatoms. The maximum absolute atomic E-state index is 11.9. The topological polar surface area (TPSA) is 87.0 Å². The predicted octanol–water partition coefficient (Wildman–Crippen LogP) is 5.42. The maximum atomic E-state index is 11.9. The third-order valence-electron chi connectivity index (χ3n) is 7.63. The number of hydrogen-bond acceptors (Lipinski definition) is 4. The monoisotopic (exact) mass is 487 g/mol. The number of phenols is 1. The number of halogens is 1. The van der Waals surface area contributed by atoms with Crippen LogP contribution in [-0.2, 0) is 4.79 Å². The number of aromatic amines is 1. The van der Waals surface area contributed by atoms with Gasteiger partial charge in [-0.15, -0.1) is 0 Å². The molecule has 0 atom stereocenters. The second-order valence-corrected chi connectivity index (χ2v) is 10.4. The fourth-order valence-electron chi connectivity index (χ4n) is 5.86. The Kier molecular flexibility index (Phi) is 4.83. The standard InChI is InChI=1S/C27H26ClN5O2/c1-4-22(35)32-13-27(14-32)10-18(11-27)33-16(3)23(26(31-33)17-5-7-19(34)8-6-17)24-20-12-29-30-21(20)9-15(2)25(24)28/h4-9,12,18,34H,1,10-11,13-14H2,2-3H3,(H,29,30). The van der Waals surface area contributed by atoms with Gasteiger partial charge in [-0.3, -0.25) is 14.6 Å². The van der Waals surface area contributed by atoms with Crippen molar-refractivity contribution in [3.63, 3.8) is 0 Å². The van der Waals surface area contributed by atoms with Crippen LogP contribution >= 0.6 is 11.6 Å².